The van der Waals surface area contributed by atoms with Gasteiger partial charge in [0.15, 0.2) is 5.78 Å². The SMILES string of the molecule is CC(=O)C1=COCC2(O)C3CC4(C(=O)N(C)c5ccccc54)C(CC12)N3. The number of benzene rings is 1. The van der Waals surface area contributed by atoms with Crippen molar-refractivity contribution in [2.75, 3.05) is 18.6 Å². The van der Waals surface area contributed by atoms with Gasteiger partial charge in [0.2, 0.25) is 5.91 Å². The second-order valence-corrected chi connectivity index (χ2v) is 8.05. The molecule has 4 aliphatic heterocycles. The summed E-state index contributed by atoms with van der Waals surface area (Å²) in [4.78, 5) is 27.2. The predicted molar refractivity (Wildman–Crippen MR) is 94.6 cm³/mol. The van der Waals surface area contributed by atoms with Gasteiger partial charge >= 0.3 is 0 Å². The lowest BCUT2D eigenvalue weighted by Crippen LogP contribution is -2.64. The molecule has 2 bridgehead atoms. The average molecular weight is 354 g/mol. The molecule has 0 aromatic heterocycles. The lowest BCUT2D eigenvalue weighted by Gasteiger charge is -2.47. The molecule has 0 radical (unpaired) electrons. The van der Waals surface area contributed by atoms with E-state index in [0.29, 0.717) is 18.4 Å². The normalized spacial score (nSPS) is 40.1. The molecule has 1 amide bonds. The Kier molecular flexibility index (Phi) is 3.06. The minimum atomic E-state index is -1.17. The first-order valence-electron chi connectivity index (χ1n) is 9.08. The standard InChI is InChI=1S/C20H22N2O4/c1-11(23)12-9-26-10-20(25)14(12)7-16-19(8-17(20)21-16)13-5-3-4-6-15(13)22(2)18(19)24/h3-6,9,14,16-17,21,25H,7-8,10H2,1-2H3. The zero-order valence-corrected chi connectivity index (χ0v) is 14.9. The molecule has 1 spiro atoms. The van der Waals surface area contributed by atoms with Crippen LogP contribution in [-0.4, -0.2) is 48.1 Å². The lowest BCUT2D eigenvalue weighted by atomic mass is 9.70. The molecule has 4 aliphatic rings. The summed E-state index contributed by atoms with van der Waals surface area (Å²) in [6.45, 7) is 1.64. The number of amides is 1. The molecule has 2 N–H and O–H groups in total. The second kappa shape index (κ2) is 4.96. The molecule has 2 saturated heterocycles. The predicted octanol–water partition coefficient (Wildman–Crippen LogP) is 0.885. The number of carbonyl (C=O) groups is 2. The van der Waals surface area contributed by atoms with Crippen LogP contribution in [0.25, 0.3) is 0 Å². The van der Waals surface area contributed by atoms with Gasteiger partial charge in [-0.3, -0.25) is 9.59 Å². The summed E-state index contributed by atoms with van der Waals surface area (Å²) in [7, 11) is 1.81. The number of fused-ring (bicyclic) bond motifs is 7. The molecule has 6 nitrogen and oxygen atoms in total. The van der Waals surface area contributed by atoms with Crippen LogP contribution in [0.1, 0.15) is 25.3 Å². The number of aliphatic hydroxyl groups is 1. The number of ketones is 1. The highest BCUT2D eigenvalue weighted by atomic mass is 16.5. The fraction of sp³-hybridized carbons (Fsp3) is 0.500. The first-order chi connectivity index (χ1) is 12.4. The van der Waals surface area contributed by atoms with Crippen LogP contribution in [0.5, 0.6) is 0 Å². The van der Waals surface area contributed by atoms with E-state index in [9.17, 15) is 14.7 Å². The first-order valence-corrected chi connectivity index (χ1v) is 9.08. The smallest absolute Gasteiger partial charge is 0.239 e. The lowest BCUT2D eigenvalue weighted by molar-refractivity contribution is -0.126. The maximum Gasteiger partial charge on any atom is 0.239 e. The number of ether oxygens (including phenoxy) is 1. The number of carbonyl (C=O) groups excluding carboxylic acids is 2. The van der Waals surface area contributed by atoms with E-state index in [1.807, 2.05) is 31.3 Å². The molecule has 4 heterocycles. The van der Waals surface area contributed by atoms with Crippen molar-refractivity contribution >= 4 is 17.4 Å². The summed E-state index contributed by atoms with van der Waals surface area (Å²) in [6, 6.07) is 7.48. The highest BCUT2D eigenvalue weighted by molar-refractivity contribution is 6.09. The highest BCUT2D eigenvalue weighted by Gasteiger charge is 2.68. The number of para-hydroxylation sites is 1. The molecule has 5 atom stereocenters. The number of rotatable bonds is 1. The van der Waals surface area contributed by atoms with Crippen molar-refractivity contribution in [1.82, 2.24) is 5.32 Å². The van der Waals surface area contributed by atoms with Crippen molar-refractivity contribution in [3.05, 3.63) is 41.7 Å². The molecule has 5 rings (SSSR count). The van der Waals surface area contributed by atoms with E-state index in [4.69, 9.17) is 4.74 Å². The monoisotopic (exact) mass is 354 g/mol. The van der Waals surface area contributed by atoms with E-state index in [1.165, 1.54) is 13.2 Å². The summed E-state index contributed by atoms with van der Waals surface area (Å²) >= 11 is 0. The van der Waals surface area contributed by atoms with Crippen molar-refractivity contribution in [2.45, 2.75) is 42.9 Å². The fourth-order valence-electron chi connectivity index (χ4n) is 5.66. The number of Topliss-reactive ketones (excluding diaryl/α,β-unsaturated/α-hetero) is 1. The van der Waals surface area contributed by atoms with Crippen LogP contribution in [0.2, 0.25) is 0 Å². The third-order valence-corrected chi connectivity index (χ3v) is 6.94. The van der Waals surface area contributed by atoms with E-state index in [1.54, 1.807) is 4.90 Å². The second-order valence-electron chi connectivity index (χ2n) is 8.05. The summed E-state index contributed by atoms with van der Waals surface area (Å²) < 4.78 is 5.47. The summed E-state index contributed by atoms with van der Waals surface area (Å²) in [5, 5.41) is 14.9. The molecule has 26 heavy (non-hydrogen) atoms. The first kappa shape index (κ1) is 16.0. The molecule has 0 aliphatic carbocycles. The zero-order chi connectivity index (χ0) is 18.3. The van der Waals surface area contributed by atoms with Gasteiger partial charge in [-0.1, -0.05) is 18.2 Å². The Bertz CT molecular complexity index is 865. The maximum absolute atomic E-state index is 13.3. The van der Waals surface area contributed by atoms with Gasteiger partial charge in [-0.05, 0) is 31.4 Å². The molecular formula is C20H22N2O4. The van der Waals surface area contributed by atoms with Gasteiger partial charge in [-0.15, -0.1) is 0 Å². The Hall–Kier alpha value is -2.18. The summed E-state index contributed by atoms with van der Waals surface area (Å²) in [5.41, 5.74) is 0.612. The van der Waals surface area contributed by atoms with Crippen LogP contribution in [0.4, 0.5) is 5.69 Å². The summed E-state index contributed by atoms with van der Waals surface area (Å²) in [5.74, 6) is -0.329. The number of anilines is 1. The number of hydrogen-bond acceptors (Lipinski definition) is 5. The van der Waals surface area contributed by atoms with Gasteiger partial charge in [-0.25, -0.2) is 0 Å². The molecule has 1 aromatic carbocycles. The Morgan fingerprint density at radius 1 is 1.35 bits per heavy atom. The Morgan fingerprint density at radius 3 is 2.88 bits per heavy atom. The third kappa shape index (κ3) is 1.69. The van der Waals surface area contributed by atoms with Crippen molar-refractivity contribution in [3.8, 4) is 0 Å². The fourth-order valence-corrected chi connectivity index (χ4v) is 5.66. The number of likely N-dealkylation sites (N-methyl/N-ethyl adjacent to an activating group) is 1. The van der Waals surface area contributed by atoms with E-state index in [0.717, 1.165) is 11.3 Å². The van der Waals surface area contributed by atoms with Crippen LogP contribution in [0, 0.1) is 5.92 Å². The average Bonchev–Trinajstić information content (AvgIpc) is 3.07. The van der Waals surface area contributed by atoms with Gasteiger partial charge in [0.1, 0.15) is 12.2 Å². The highest BCUT2D eigenvalue weighted by Crippen LogP contribution is 2.56. The van der Waals surface area contributed by atoms with Crippen LogP contribution in [0.15, 0.2) is 36.1 Å². The quantitative estimate of drug-likeness (QED) is 0.783. The minimum absolute atomic E-state index is 0.0650. The van der Waals surface area contributed by atoms with Gasteiger partial charge in [0, 0.05) is 36.3 Å². The van der Waals surface area contributed by atoms with Crippen molar-refractivity contribution in [3.63, 3.8) is 0 Å². The van der Waals surface area contributed by atoms with Crippen molar-refractivity contribution < 1.29 is 19.4 Å². The Morgan fingerprint density at radius 2 is 2.12 bits per heavy atom. The molecule has 5 unspecified atom stereocenters. The summed E-state index contributed by atoms with van der Waals surface area (Å²) in [6.07, 6.45) is 2.55. The zero-order valence-electron chi connectivity index (χ0n) is 14.9. The van der Waals surface area contributed by atoms with E-state index >= 15 is 0 Å². The van der Waals surface area contributed by atoms with E-state index in [2.05, 4.69) is 5.32 Å². The number of hydrogen-bond donors (Lipinski definition) is 2. The molecular weight excluding hydrogens is 332 g/mol. The largest absolute Gasteiger partial charge is 0.498 e. The topological polar surface area (TPSA) is 78.9 Å². The van der Waals surface area contributed by atoms with Crippen molar-refractivity contribution in [1.29, 1.82) is 0 Å². The van der Waals surface area contributed by atoms with Crippen LogP contribution >= 0.6 is 0 Å². The number of nitrogens with one attached hydrogen (secondary N) is 1. The van der Waals surface area contributed by atoms with E-state index < -0.39 is 11.0 Å². The number of nitrogens with zero attached hydrogens (tertiary/aromatic N) is 1. The Balaban J connectivity index is 1.64. The van der Waals surface area contributed by atoms with Gasteiger partial charge in [0.25, 0.3) is 0 Å². The van der Waals surface area contributed by atoms with Gasteiger partial charge in [0.05, 0.1) is 11.7 Å². The van der Waals surface area contributed by atoms with E-state index in [-0.39, 0.29) is 36.3 Å². The van der Waals surface area contributed by atoms with Gasteiger partial charge < -0.3 is 20.1 Å². The molecule has 1 aromatic rings. The minimum Gasteiger partial charge on any atom is -0.498 e. The van der Waals surface area contributed by atoms with Crippen LogP contribution < -0.4 is 10.2 Å². The maximum atomic E-state index is 13.3. The Labute approximate surface area is 151 Å². The third-order valence-electron chi connectivity index (χ3n) is 6.94. The number of piperidine rings is 1. The molecule has 6 heteroatoms. The van der Waals surface area contributed by atoms with Crippen LogP contribution in [-0.2, 0) is 19.7 Å². The molecule has 2 fully saturated rings. The molecule has 0 saturated carbocycles. The van der Waals surface area contributed by atoms with Crippen molar-refractivity contribution in [2.24, 2.45) is 5.92 Å². The van der Waals surface area contributed by atoms with Gasteiger partial charge in [-0.2, -0.15) is 0 Å². The van der Waals surface area contributed by atoms with Crippen LogP contribution in [0.3, 0.4) is 0 Å². The molecule has 136 valence electrons.